The first-order valence-electron chi connectivity index (χ1n) is 6.14. The molecule has 19 heavy (non-hydrogen) atoms. The van der Waals surface area contributed by atoms with E-state index in [1.54, 1.807) is 18.7 Å². The largest absolute Gasteiger partial charge is 0.462 e. The maximum absolute atomic E-state index is 11.6. The van der Waals surface area contributed by atoms with Gasteiger partial charge in [-0.15, -0.1) is 0 Å². The van der Waals surface area contributed by atoms with Gasteiger partial charge in [0.05, 0.1) is 30.1 Å². The number of nitrogens with zero attached hydrogens (tertiary/aromatic N) is 3. The van der Waals surface area contributed by atoms with Crippen LogP contribution in [-0.2, 0) is 4.74 Å². The maximum atomic E-state index is 11.6. The summed E-state index contributed by atoms with van der Waals surface area (Å²) >= 11 is 0. The molecule has 0 radical (unpaired) electrons. The van der Waals surface area contributed by atoms with Gasteiger partial charge >= 0.3 is 5.97 Å². The number of rotatable bonds is 3. The van der Waals surface area contributed by atoms with Gasteiger partial charge in [-0.2, -0.15) is 0 Å². The fraction of sp³-hybridized carbons (Fsp3) is 0.583. The zero-order valence-electron chi connectivity index (χ0n) is 10.9. The molecule has 1 aromatic rings. The normalized spacial score (nSPS) is 22.6. The molecule has 104 valence electrons. The fourth-order valence-corrected chi connectivity index (χ4v) is 1.95. The molecular formula is C12H17N3O4. The Bertz CT molecular complexity index is 470. The van der Waals surface area contributed by atoms with Crippen molar-refractivity contribution in [3.8, 4) is 0 Å². The van der Waals surface area contributed by atoms with Crippen LogP contribution in [0.15, 0.2) is 6.20 Å². The highest BCUT2D eigenvalue weighted by molar-refractivity contribution is 5.90. The first-order valence-corrected chi connectivity index (χ1v) is 6.14. The van der Waals surface area contributed by atoms with Crippen molar-refractivity contribution >= 4 is 11.9 Å². The predicted molar refractivity (Wildman–Crippen MR) is 67.0 cm³/mol. The van der Waals surface area contributed by atoms with E-state index in [9.17, 15) is 15.0 Å². The Morgan fingerprint density at radius 2 is 2.11 bits per heavy atom. The number of aliphatic hydroxyl groups excluding tert-OH is 2. The lowest BCUT2D eigenvalue weighted by atomic mass is 10.2. The molecule has 1 aromatic heterocycles. The zero-order chi connectivity index (χ0) is 14.0. The molecule has 7 nitrogen and oxygen atoms in total. The summed E-state index contributed by atoms with van der Waals surface area (Å²) in [5.41, 5.74) is 0.838. The molecule has 0 amide bonds. The molecule has 1 aliphatic heterocycles. The number of β-amino-alcohol motifs (C(OH)–C–C–N with tert-alkyl or cyclic N) is 2. The topological polar surface area (TPSA) is 95.8 Å². The Balaban J connectivity index is 2.17. The Morgan fingerprint density at radius 1 is 1.47 bits per heavy atom. The van der Waals surface area contributed by atoms with E-state index in [2.05, 4.69) is 9.97 Å². The Kier molecular flexibility index (Phi) is 3.96. The van der Waals surface area contributed by atoms with Crippen LogP contribution in [-0.4, -0.2) is 58.1 Å². The summed E-state index contributed by atoms with van der Waals surface area (Å²) in [5.74, 6) is -0.0609. The molecule has 1 aliphatic rings. The van der Waals surface area contributed by atoms with Crippen LogP contribution in [0.25, 0.3) is 0 Å². The number of aromatic nitrogens is 2. The van der Waals surface area contributed by atoms with E-state index < -0.39 is 18.2 Å². The third-order valence-corrected chi connectivity index (χ3v) is 3.00. The molecule has 2 heterocycles. The van der Waals surface area contributed by atoms with Gasteiger partial charge in [0.1, 0.15) is 0 Å². The van der Waals surface area contributed by atoms with Gasteiger partial charge in [-0.1, -0.05) is 0 Å². The molecule has 0 saturated carbocycles. The number of aryl methyl sites for hydroxylation is 1. The van der Waals surface area contributed by atoms with E-state index in [0.29, 0.717) is 23.8 Å². The van der Waals surface area contributed by atoms with Crippen LogP contribution < -0.4 is 4.90 Å². The number of carbonyl (C=O) groups is 1. The zero-order valence-corrected chi connectivity index (χ0v) is 10.9. The minimum Gasteiger partial charge on any atom is -0.462 e. The maximum Gasteiger partial charge on any atom is 0.341 e. The van der Waals surface area contributed by atoms with Crippen molar-refractivity contribution in [2.75, 3.05) is 24.6 Å². The van der Waals surface area contributed by atoms with Crippen molar-refractivity contribution in [1.82, 2.24) is 9.97 Å². The third-order valence-electron chi connectivity index (χ3n) is 3.00. The highest BCUT2D eigenvalue weighted by Gasteiger charge is 2.31. The Morgan fingerprint density at radius 3 is 2.63 bits per heavy atom. The monoisotopic (exact) mass is 267 g/mol. The lowest BCUT2D eigenvalue weighted by Gasteiger charge is -2.16. The second-order valence-corrected chi connectivity index (χ2v) is 4.43. The Hall–Kier alpha value is -1.73. The summed E-state index contributed by atoms with van der Waals surface area (Å²) in [6.45, 7) is 4.28. The molecule has 0 aromatic carbocycles. The number of anilines is 1. The minimum atomic E-state index is -0.798. The van der Waals surface area contributed by atoms with Gasteiger partial charge in [-0.05, 0) is 13.8 Å². The average Bonchev–Trinajstić information content (AvgIpc) is 2.69. The van der Waals surface area contributed by atoms with Gasteiger partial charge in [0.15, 0.2) is 0 Å². The molecule has 0 bridgehead atoms. The SMILES string of the molecule is CCOC(=O)c1cnc(N2CC(O)C(O)C2)nc1C. The number of ether oxygens (including phenoxy) is 1. The summed E-state index contributed by atoms with van der Waals surface area (Å²) < 4.78 is 4.90. The lowest BCUT2D eigenvalue weighted by Crippen LogP contribution is -2.24. The quantitative estimate of drug-likeness (QED) is 0.713. The standard InChI is InChI=1S/C12H17N3O4/c1-3-19-11(18)8-4-13-12(14-7(8)2)15-5-9(16)10(17)6-15/h4,9-10,16-17H,3,5-6H2,1-2H3. The van der Waals surface area contributed by atoms with Crippen molar-refractivity contribution < 1.29 is 19.7 Å². The summed E-state index contributed by atoms with van der Waals surface area (Å²) in [5, 5.41) is 19.0. The number of aliphatic hydroxyl groups is 2. The van der Waals surface area contributed by atoms with Crippen molar-refractivity contribution in [3.63, 3.8) is 0 Å². The lowest BCUT2D eigenvalue weighted by molar-refractivity contribution is 0.0524. The highest BCUT2D eigenvalue weighted by atomic mass is 16.5. The van der Waals surface area contributed by atoms with Crippen molar-refractivity contribution in [1.29, 1.82) is 0 Å². The van der Waals surface area contributed by atoms with Crippen molar-refractivity contribution in [2.24, 2.45) is 0 Å². The van der Waals surface area contributed by atoms with Crippen LogP contribution >= 0.6 is 0 Å². The summed E-state index contributed by atoms with van der Waals surface area (Å²) in [6.07, 6.45) is -0.186. The summed E-state index contributed by atoms with van der Waals surface area (Å²) in [6, 6.07) is 0. The van der Waals surface area contributed by atoms with Crippen LogP contribution in [0.4, 0.5) is 5.95 Å². The van der Waals surface area contributed by atoms with Gasteiger partial charge in [-0.3, -0.25) is 0 Å². The smallest absolute Gasteiger partial charge is 0.341 e. The van der Waals surface area contributed by atoms with E-state index >= 15 is 0 Å². The van der Waals surface area contributed by atoms with Gasteiger partial charge in [-0.25, -0.2) is 14.8 Å². The van der Waals surface area contributed by atoms with Gasteiger partial charge in [0, 0.05) is 19.3 Å². The van der Waals surface area contributed by atoms with E-state index in [1.165, 1.54) is 6.20 Å². The molecule has 1 fully saturated rings. The first kappa shape index (κ1) is 13.7. The van der Waals surface area contributed by atoms with E-state index in [0.717, 1.165) is 0 Å². The molecular weight excluding hydrogens is 250 g/mol. The number of carbonyl (C=O) groups excluding carboxylic acids is 1. The van der Waals surface area contributed by atoms with Gasteiger partial charge in [0.25, 0.3) is 0 Å². The van der Waals surface area contributed by atoms with E-state index in [4.69, 9.17) is 4.74 Å². The third kappa shape index (κ3) is 2.82. The summed E-state index contributed by atoms with van der Waals surface area (Å²) in [4.78, 5) is 21.6. The molecule has 0 aliphatic carbocycles. The van der Waals surface area contributed by atoms with E-state index in [-0.39, 0.29) is 13.1 Å². The van der Waals surface area contributed by atoms with Crippen molar-refractivity contribution in [2.45, 2.75) is 26.1 Å². The van der Waals surface area contributed by atoms with Gasteiger partial charge in [0.2, 0.25) is 5.95 Å². The highest BCUT2D eigenvalue weighted by Crippen LogP contribution is 2.18. The van der Waals surface area contributed by atoms with Crippen LogP contribution in [0, 0.1) is 6.92 Å². The van der Waals surface area contributed by atoms with Crippen LogP contribution in [0.1, 0.15) is 23.0 Å². The second kappa shape index (κ2) is 5.50. The first-order chi connectivity index (χ1) is 9.02. The number of hydrogen-bond acceptors (Lipinski definition) is 7. The minimum absolute atomic E-state index is 0.277. The van der Waals surface area contributed by atoms with Gasteiger partial charge < -0.3 is 19.8 Å². The molecule has 2 atom stereocenters. The molecule has 2 rings (SSSR count). The molecule has 2 unspecified atom stereocenters. The van der Waals surface area contributed by atoms with E-state index in [1.807, 2.05) is 0 Å². The summed E-state index contributed by atoms with van der Waals surface area (Å²) in [7, 11) is 0. The van der Waals surface area contributed by atoms with Crippen LogP contribution in [0.5, 0.6) is 0 Å². The number of hydrogen-bond donors (Lipinski definition) is 2. The fourth-order valence-electron chi connectivity index (χ4n) is 1.95. The average molecular weight is 267 g/mol. The predicted octanol–water partition coefficient (Wildman–Crippen LogP) is -0.496. The molecule has 0 spiro atoms. The molecule has 1 saturated heterocycles. The van der Waals surface area contributed by atoms with Crippen LogP contribution in [0.3, 0.4) is 0 Å². The molecule has 2 N–H and O–H groups in total. The second-order valence-electron chi connectivity index (χ2n) is 4.43. The number of esters is 1. The van der Waals surface area contributed by atoms with Crippen LogP contribution in [0.2, 0.25) is 0 Å². The Labute approximate surface area is 110 Å². The van der Waals surface area contributed by atoms with Crippen molar-refractivity contribution in [3.05, 3.63) is 17.5 Å². The molecule has 7 heteroatoms.